The van der Waals surface area contributed by atoms with E-state index in [2.05, 4.69) is 51.2 Å². The lowest BCUT2D eigenvalue weighted by atomic mass is 10.2. The zero-order chi connectivity index (χ0) is 10.9. The Morgan fingerprint density at radius 3 is 2.53 bits per heavy atom. The monoisotopic (exact) mass is 202 g/mol. The van der Waals surface area contributed by atoms with Gasteiger partial charge in [0.25, 0.3) is 0 Å². The van der Waals surface area contributed by atoms with Crippen LogP contribution in [0.2, 0.25) is 0 Å². The van der Waals surface area contributed by atoms with E-state index < -0.39 is 0 Å². The van der Waals surface area contributed by atoms with Gasteiger partial charge in [0.1, 0.15) is 11.4 Å². The first kappa shape index (κ1) is 10.4. The van der Waals surface area contributed by atoms with Gasteiger partial charge in [-0.1, -0.05) is 19.1 Å². The van der Waals surface area contributed by atoms with Gasteiger partial charge in [-0.05, 0) is 19.4 Å². The van der Waals surface area contributed by atoms with Gasteiger partial charge in [-0.15, -0.1) is 0 Å². The summed E-state index contributed by atoms with van der Waals surface area (Å²) < 4.78 is 1.00. The summed E-state index contributed by atoms with van der Waals surface area (Å²) in [6.45, 7) is 5.66. The van der Waals surface area contributed by atoms with Crippen molar-refractivity contribution in [1.29, 1.82) is 0 Å². The van der Waals surface area contributed by atoms with Crippen LogP contribution in [0, 0.1) is 0 Å². The van der Waals surface area contributed by atoms with E-state index in [1.165, 1.54) is 24.1 Å². The molecular weight excluding hydrogens is 182 g/mol. The van der Waals surface area contributed by atoms with Crippen LogP contribution in [0.15, 0.2) is 30.0 Å². The molecule has 1 atom stereocenters. The topological polar surface area (TPSA) is 0 Å². The Bertz CT molecular complexity index is 392. The number of rotatable bonds is 3. The van der Waals surface area contributed by atoms with Crippen molar-refractivity contribution in [2.75, 3.05) is 13.6 Å². The lowest BCUT2D eigenvalue weighted by molar-refractivity contribution is 0.422. The van der Waals surface area contributed by atoms with E-state index in [0.29, 0.717) is 0 Å². The highest BCUT2D eigenvalue weighted by Gasteiger charge is 2.35. The highest BCUT2D eigenvalue weighted by Crippen LogP contribution is 2.40. The van der Waals surface area contributed by atoms with Crippen LogP contribution < -0.4 is 4.48 Å². The zero-order valence-electron chi connectivity index (χ0n) is 9.96. The maximum absolute atomic E-state index is 2.38. The van der Waals surface area contributed by atoms with Crippen molar-refractivity contribution in [3.8, 4) is 0 Å². The first-order valence-electron chi connectivity index (χ1n) is 5.88. The van der Waals surface area contributed by atoms with Gasteiger partial charge >= 0.3 is 0 Å². The quantitative estimate of drug-likeness (QED) is 0.654. The molecule has 1 aromatic rings. The third-order valence-electron chi connectivity index (χ3n) is 3.56. The summed E-state index contributed by atoms with van der Waals surface area (Å²) in [6, 6.07) is 8.76. The van der Waals surface area contributed by atoms with E-state index in [1.807, 2.05) is 0 Å². The number of nitrogens with zero attached hydrogens (tertiary/aromatic N) is 1. The van der Waals surface area contributed by atoms with Gasteiger partial charge in [-0.25, -0.2) is 0 Å². The van der Waals surface area contributed by atoms with Crippen molar-refractivity contribution >= 4 is 11.8 Å². The van der Waals surface area contributed by atoms with E-state index in [1.54, 1.807) is 5.70 Å². The fraction of sp³-hybridized carbons (Fsp3) is 0.429. The van der Waals surface area contributed by atoms with Crippen LogP contribution >= 0.6 is 0 Å². The van der Waals surface area contributed by atoms with E-state index in [9.17, 15) is 0 Å². The molecule has 0 saturated carbocycles. The number of hydrogen-bond donors (Lipinski definition) is 0. The Labute approximate surface area is 92.6 Å². The molecule has 0 N–H and O–H groups in total. The second-order valence-corrected chi connectivity index (χ2v) is 4.45. The van der Waals surface area contributed by atoms with Crippen molar-refractivity contribution in [3.05, 3.63) is 35.5 Å². The van der Waals surface area contributed by atoms with Crippen LogP contribution in [0.4, 0.5) is 5.69 Å². The number of quaternary nitrogens is 1. The van der Waals surface area contributed by atoms with E-state index in [-0.39, 0.29) is 0 Å². The minimum Gasteiger partial charge on any atom is -0.264 e. The summed E-state index contributed by atoms with van der Waals surface area (Å²) in [6.07, 6.45) is 4.81. The lowest BCUT2D eigenvalue weighted by Gasteiger charge is -2.31. The Morgan fingerprint density at radius 2 is 1.87 bits per heavy atom. The van der Waals surface area contributed by atoms with E-state index >= 15 is 0 Å². The molecule has 0 amide bonds. The lowest BCUT2D eigenvalue weighted by Crippen LogP contribution is -2.41. The molecule has 1 aromatic carbocycles. The Morgan fingerprint density at radius 1 is 1.13 bits per heavy atom. The summed E-state index contributed by atoms with van der Waals surface area (Å²) >= 11 is 0. The highest BCUT2D eigenvalue weighted by molar-refractivity contribution is 5.76. The molecule has 0 fully saturated rings. The van der Waals surface area contributed by atoms with Gasteiger partial charge in [0, 0.05) is 24.1 Å². The molecule has 1 aliphatic rings. The normalized spacial score (nSPS) is 23.8. The molecule has 0 saturated heterocycles. The number of hydrogen-bond acceptors (Lipinski definition) is 0. The molecule has 1 unspecified atom stereocenters. The van der Waals surface area contributed by atoms with Gasteiger partial charge in [0.15, 0.2) is 0 Å². The van der Waals surface area contributed by atoms with Crippen molar-refractivity contribution in [2.45, 2.75) is 26.7 Å². The molecule has 80 valence electrons. The number of para-hydroxylation sites is 1. The first-order valence-corrected chi connectivity index (χ1v) is 5.88. The van der Waals surface area contributed by atoms with Gasteiger partial charge < -0.3 is 0 Å². The zero-order valence-corrected chi connectivity index (χ0v) is 9.96. The average molecular weight is 202 g/mol. The summed E-state index contributed by atoms with van der Waals surface area (Å²) in [4.78, 5) is 0. The summed E-state index contributed by atoms with van der Waals surface area (Å²) in [5.74, 6) is 0. The van der Waals surface area contributed by atoms with Gasteiger partial charge in [-0.2, -0.15) is 0 Å². The summed E-state index contributed by atoms with van der Waals surface area (Å²) in [5.41, 5.74) is 4.43. The van der Waals surface area contributed by atoms with Crippen molar-refractivity contribution in [1.82, 2.24) is 4.48 Å². The smallest absolute Gasteiger partial charge is 0.144 e. The number of benzene rings is 1. The maximum atomic E-state index is 2.38. The van der Waals surface area contributed by atoms with Crippen LogP contribution in [0.25, 0.3) is 6.08 Å². The largest absolute Gasteiger partial charge is 0.264 e. The minimum absolute atomic E-state index is 1.00. The summed E-state index contributed by atoms with van der Waals surface area (Å²) in [7, 11) is 2.33. The molecule has 0 bridgehead atoms. The average Bonchev–Trinajstić information content (AvgIpc) is 2.55. The molecule has 1 nitrogen and oxygen atoms in total. The second-order valence-electron chi connectivity index (χ2n) is 4.45. The van der Waals surface area contributed by atoms with Crippen LogP contribution in [0.5, 0.6) is 0 Å². The van der Waals surface area contributed by atoms with Gasteiger partial charge in [0.05, 0.1) is 13.6 Å². The molecule has 1 aliphatic heterocycles. The van der Waals surface area contributed by atoms with Crippen LogP contribution in [0.1, 0.15) is 32.3 Å². The number of allylic oxidation sites excluding steroid dienone is 1. The second kappa shape index (κ2) is 3.82. The van der Waals surface area contributed by atoms with E-state index in [4.69, 9.17) is 0 Å². The van der Waals surface area contributed by atoms with Gasteiger partial charge in [-0.3, -0.25) is 4.48 Å². The van der Waals surface area contributed by atoms with Crippen molar-refractivity contribution < 1.29 is 0 Å². The Kier molecular flexibility index (Phi) is 2.66. The molecular formula is C14H20N+. The minimum atomic E-state index is 1.00. The third-order valence-corrected chi connectivity index (χ3v) is 3.56. The SMILES string of the molecule is CCCC1=Cc2ccccc2[N+]1(C)CC. The molecule has 0 aliphatic carbocycles. The standard InChI is InChI=1S/C14H20N/c1-4-8-13-11-12-9-6-7-10-14(12)15(13,3)5-2/h6-7,9-11H,4-5,8H2,1-3H3/q+1. The summed E-state index contributed by atoms with van der Waals surface area (Å²) in [5, 5.41) is 0. The molecule has 0 spiro atoms. The van der Waals surface area contributed by atoms with Crippen LogP contribution in [-0.4, -0.2) is 13.6 Å². The Balaban J connectivity index is 2.47. The molecule has 0 radical (unpaired) electrons. The van der Waals surface area contributed by atoms with Gasteiger partial charge in [0.2, 0.25) is 0 Å². The van der Waals surface area contributed by atoms with Crippen LogP contribution in [-0.2, 0) is 0 Å². The molecule has 2 rings (SSSR count). The highest BCUT2D eigenvalue weighted by atomic mass is 15.4. The molecule has 1 heteroatoms. The fourth-order valence-electron chi connectivity index (χ4n) is 2.48. The molecule has 0 aromatic heterocycles. The van der Waals surface area contributed by atoms with E-state index in [0.717, 1.165) is 11.0 Å². The van der Waals surface area contributed by atoms with Crippen molar-refractivity contribution in [3.63, 3.8) is 0 Å². The molecule has 1 heterocycles. The first-order chi connectivity index (χ1) is 7.22. The maximum Gasteiger partial charge on any atom is 0.144 e. The third kappa shape index (κ3) is 1.51. The predicted molar refractivity (Wildman–Crippen MR) is 67.6 cm³/mol. The molecule has 15 heavy (non-hydrogen) atoms. The van der Waals surface area contributed by atoms with Crippen LogP contribution in [0.3, 0.4) is 0 Å². The van der Waals surface area contributed by atoms with Crippen molar-refractivity contribution in [2.24, 2.45) is 0 Å². The number of fused-ring (bicyclic) bond motifs is 1. The predicted octanol–water partition coefficient (Wildman–Crippen LogP) is 3.80. The Hall–Kier alpha value is -1.08. The fourth-order valence-corrected chi connectivity index (χ4v) is 2.48.